The Morgan fingerprint density at radius 3 is 2.00 bits per heavy atom. The summed E-state index contributed by atoms with van der Waals surface area (Å²) in [5.41, 5.74) is -0.571. The molecule has 0 spiro atoms. The summed E-state index contributed by atoms with van der Waals surface area (Å²) in [6.45, 7) is 12.3. The molecule has 0 aliphatic rings. The molecular weight excluding hydrogens is 586 g/mol. The van der Waals surface area contributed by atoms with E-state index in [-0.39, 0.29) is 24.3 Å². The first-order chi connectivity index (χ1) is 21.6. The van der Waals surface area contributed by atoms with E-state index in [0.29, 0.717) is 6.42 Å². The van der Waals surface area contributed by atoms with Crippen LogP contribution in [0.25, 0.3) is 0 Å². The highest BCUT2D eigenvalue weighted by Crippen LogP contribution is 2.30. The summed E-state index contributed by atoms with van der Waals surface area (Å²) in [5.74, 6) is -2.01. The number of alkyl carbamates (subject to hydrolysis) is 1. The molecule has 2 aromatic rings. The van der Waals surface area contributed by atoms with Crippen LogP contribution < -0.4 is 10.6 Å². The molecule has 2 unspecified atom stereocenters. The molecule has 3 N–H and O–H groups in total. The lowest BCUT2D eigenvalue weighted by atomic mass is 10.00. The van der Waals surface area contributed by atoms with Gasteiger partial charge in [0, 0.05) is 18.5 Å². The molecule has 0 saturated heterocycles. The Bertz CT molecular complexity index is 1270. The second kappa shape index (κ2) is 18.2. The standard InChI is InChI=1S/C36H53N3O7/c1-8-9-10-11-12-18-23-39(30(41)25-37-34(44)46-36(5,6)7)31(27-21-16-17-22-29(27)40)32(42)38-28(33(43)45-35(2,3)4)24-26-19-14-13-15-20-26/h13-17,19-22,28,31,40H,8-12,18,23-25H2,1-7H3,(H,37,44)(H,38,42). The predicted octanol–water partition coefficient (Wildman–Crippen LogP) is 6.22. The molecule has 2 atom stereocenters. The van der Waals surface area contributed by atoms with Gasteiger partial charge in [-0.3, -0.25) is 9.59 Å². The summed E-state index contributed by atoms with van der Waals surface area (Å²) in [6, 6.07) is 13.2. The van der Waals surface area contributed by atoms with Gasteiger partial charge in [0.1, 0.15) is 35.6 Å². The molecule has 0 aliphatic heterocycles. The molecule has 2 rings (SSSR count). The van der Waals surface area contributed by atoms with Gasteiger partial charge in [0.05, 0.1) is 0 Å². The maximum absolute atomic E-state index is 14.3. The highest BCUT2D eigenvalue weighted by Gasteiger charge is 2.36. The molecule has 10 heteroatoms. The third-order valence-electron chi connectivity index (χ3n) is 6.94. The van der Waals surface area contributed by atoms with Gasteiger partial charge >= 0.3 is 12.1 Å². The van der Waals surface area contributed by atoms with Crippen LogP contribution in [0, 0.1) is 0 Å². The van der Waals surface area contributed by atoms with Crippen LogP contribution in [0.1, 0.15) is 104 Å². The first-order valence-corrected chi connectivity index (χ1v) is 16.2. The lowest BCUT2D eigenvalue weighted by molar-refractivity contribution is -0.159. The van der Waals surface area contributed by atoms with Crippen molar-refractivity contribution in [2.75, 3.05) is 13.1 Å². The van der Waals surface area contributed by atoms with Crippen LogP contribution in [0.2, 0.25) is 0 Å². The molecule has 254 valence electrons. The zero-order valence-corrected chi connectivity index (χ0v) is 28.6. The predicted molar refractivity (Wildman–Crippen MR) is 178 cm³/mol. The number of phenols is 1. The number of esters is 1. The SMILES string of the molecule is CCCCCCCCN(C(=O)CNC(=O)OC(C)(C)C)C(C(=O)NC(Cc1ccccc1)C(=O)OC(C)(C)C)c1ccccc1O. The number of ether oxygens (including phenoxy) is 2. The van der Waals surface area contributed by atoms with E-state index >= 15 is 0 Å². The topological polar surface area (TPSA) is 134 Å². The van der Waals surface area contributed by atoms with Crippen LogP contribution in [0.15, 0.2) is 54.6 Å². The van der Waals surface area contributed by atoms with Crippen LogP contribution in [0.4, 0.5) is 4.79 Å². The Morgan fingerprint density at radius 1 is 0.804 bits per heavy atom. The maximum atomic E-state index is 14.3. The minimum Gasteiger partial charge on any atom is -0.508 e. The fourth-order valence-corrected chi connectivity index (χ4v) is 4.86. The number of amides is 3. The van der Waals surface area contributed by atoms with Crippen molar-refractivity contribution in [3.05, 3.63) is 65.7 Å². The Kier molecular flexibility index (Phi) is 15.0. The minimum absolute atomic E-state index is 0.153. The summed E-state index contributed by atoms with van der Waals surface area (Å²) in [6.07, 6.45) is 5.04. The van der Waals surface area contributed by atoms with Crippen molar-refractivity contribution < 1.29 is 33.8 Å². The van der Waals surface area contributed by atoms with Crippen LogP contribution in [0.5, 0.6) is 5.75 Å². The molecule has 0 heterocycles. The number of benzene rings is 2. The minimum atomic E-state index is -1.30. The van der Waals surface area contributed by atoms with Gasteiger partial charge in [0.2, 0.25) is 11.8 Å². The summed E-state index contributed by atoms with van der Waals surface area (Å²) in [5, 5.41) is 16.2. The highest BCUT2D eigenvalue weighted by atomic mass is 16.6. The van der Waals surface area contributed by atoms with Gasteiger partial charge in [-0.2, -0.15) is 0 Å². The summed E-state index contributed by atoms with van der Waals surface area (Å²) in [4.78, 5) is 55.2. The summed E-state index contributed by atoms with van der Waals surface area (Å²) < 4.78 is 11.0. The molecular formula is C36H53N3O7. The number of rotatable bonds is 16. The van der Waals surface area contributed by atoms with E-state index in [1.165, 1.54) is 11.0 Å². The lowest BCUT2D eigenvalue weighted by Crippen LogP contribution is -2.52. The third-order valence-corrected chi connectivity index (χ3v) is 6.94. The molecule has 3 amide bonds. The van der Waals surface area contributed by atoms with Gasteiger partial charge in [-0.25, -0.2) is 9.59 Å². The number of hydrogen-bond donors (Lipinski definition) is 3. The van der Waals surface area contributed by atoms with Crippen molar-refractivity contribution in [3.63, 3.8) is 0 Å². The fraction of sp³-hybridized carbons (Fsp3) is 0.556. The zero-order valence-electron chi connectivity index (χ0n) is 28.6. The molecule has 0 aliphatic carbocycles. The average Bonchev–Trinajstić information content (AvgIpc) is 2.96. The van der Waals surface area contributed by atoms with Crippen molar-refractivity contribution >= 4 is 23.9 Å². The molecule has 46 heavy (non-hydrogen) atoms. The van der Waals surface area contributed by atoms with Crippen LogP contribution in [0.3, 0.4) is 0 Å². The van der Waals surface area contributed by atoms with Crippen molar-refractivity contribution in [3.8, 4) is 5.75 Å². The van der Waals surface area contributed by atoms with E-state index < -0.39 is 53.7 Å². The van der Waals surface area contributed by atoms with Crippen LogP contribution in [-0.4, -0.2) is 64.2 Å². The Labute approximate surface area is 274 Å². The summed E-state index contributed by atoms with van der Waals surface area (Å²) >= 11 is 0. The van der Waals surface area contributed by atoms with E-state index in [4.69, 9.17) is 9.47 Å². The molecule has 0 saturated carbocycles. The van der Waals surface area contributed by atoms with Gasteiger partial charge in [-0.1, -0.05) is 87.6 Å². The third kappa shape index (κ3) is 13.9. The number of para-hydroxylation sites is 1. The maximum Gasteiger partial charge on any atom is 0.408 e. The Morgan fingerprint density at radius 2 is 1.39 bits per heavy atom. The molecule has 10 nitrogen and oxygen atoms in total. The zero-order chi connectivity index (χ0) is 34.3. The van der Waals surface area contributed by atoms with Crippen molar-refractivity contribution in [1.29, 1.82) is 0 Å². The highest BCUT2D eigenvalue weighted by molar-refractivity contribution is 5.93. The van der Waals surface area contributed by atoms with Gasteiger partial charge in [0.25, 0.3) is 0 Å². The summed E-state index contributed by atoms with van der Waals surface area (Å²) in [7, 11) is 0. The molecule has 2 aromatic carbocycles. The number of carbonyl (C=O) groups excluding carboxylic acids is 4. The number of phenolic OH excluding ortho intramolecular Hbond substituents is 1. The Hall–Kier alpha value is -4.08. The van der Waals surface area contributed by atoms with Crippen molar-refractivity contribution in [2.45, 2.75) is 117 Å². The normalized spacial score (nSPS) is 12.8. The second-order valence-corrected chi connectivity index (χ2v) is 13.5. The number of aromatic hydroxyl groups is 1. The molecule has 0 aromatic heterocycles. The first kappa shape index (κ1) is 38.1. The van der Waals surface area contributed by atoms with Crippen LogP contribution in [-0.2, 0) is 30.3 Å². The quantitative estimate of drug-likeness (QED) is 0.147. The van der Waals surface area contributed by atoms with Gasteiger partial charge in [0.15, 0.2) is 0 Å². The number of hydrogen-bond acceptors (Lipinski definition) is 7. The van der Waals surface area contributed by atoms with Crippen molar-refractivity contribution in [2.24, 2.45) is 0 Å². The largest absolute Gasteiger partial charge is 0.508 e. The van der Waals surface area contributed by atoms with E-state index in [1.807, 2.05) is 30.3 Å². The van der Waals surface area contributed by atoms with Crippen LogP contribution >= 0.6 is 0 Å². The number of unbranched alkanes of at least 4 members (excludes halogenated alkanes) is 5. The van der Waals surface area contributed by atoms with E-state index in [0.717, 1.165) is 37.7 Å². The Balaban J connectivity index is 2.47. The van der Waals surface area contributed by atoms with E-state index in [9.17, 15) is 24.3 Å². The lowest BCUT2D eigenvalue weighted by Gasteiger charge is -2.33. The van der Waals surface area contributed by atoms with Gasteiger partial charge < -0.3 is 30.1 Å². The van der Waals surface area contributed by atoms with Gasteiger partial charge in [-0.05, 0) is 59.6 Å². The first-order valence-electron chi connectivity index (χ1n) is 16.2. The molecule has 0 radical (unpaired) electrons. The number of nitrogens with one attached hydrogen (secondary N) is 2. The van der Waals surface area contributed by atoms with E-state index in [1.54, 1.807) is 59.7 Å². The number of carbonyl (C=O) groups is 4. The molecule has 0 fully saturated rings. The van der Waals surface area contributed by atoms with E-state index in [2.05, 4.69) is 17.6 Å². The second-order valence-electron chi connectivity index (χ2n) is 13.5. The monoisotopic (exact) mass is 639 g/mol. The number of nitrogens with zero attached hydrogens (tertiary/aromatic N) is 1. The van der Waals surface area contributed by atoms with Gasteiger partial charge in [-0.15, -0.1) is 0 Å². The fourth-order valence-electron chi connectivity index (χ4n) is 4.86. The smallest absolute Gasteiger partial charge is 0.408 e. The van der Waals surface area contributed by atoms with Crippen molar-refractivity contribution in [1.82, 2.24) is 15.5 Å². The average molecular weight is 640 g/mol. The molecule has 0 bridgehead atoms.